The standard InChI is InChI=1S/C20H20N8O/c1-3-9-21-17(5-1)19-13-27(25-23-19)11-15-7-8-16(29-15)12-28-14-20(24-26-28)18-6-2-4-10-22-18/h1-6,9-10,13-16H,7-8,11-12H2/t15-,16-/m1/s1. The van der Waals surface area contributed by atoms with Crippen molar-refractivity contribution in [2.75, 3.05) is 0 Å². The summed E-state index contributed by atoms with van der Waals surface area (Å²) in [6.07, 6.45) is 9.50. The fraction of sp³-hybridized carbons (Fsp3) is 0.300. The first-order valence-corrected chi connectivity index (χ1v) is 9.62. The highest BCUT2D eigenvalue weighted by molar-refractivity contribution is 5.51. The zero-order chi connectivity index (χ0) is 19.5. The second-order valence-electron chi connectivity index (χ2n) is 7.04. The van der Waals surface area contributed by atoms with Crippen molar-refractivity contribution in [2.24, 2.45) is 0 Å². The zero-order valence-electron chi connectivity index (χ0n) is 15.7. The van der Waals surface area contributed by atoms with Crippen LogP contribution in [0.4, 0.5) is 0 Å². The maximum atomic E-state index is 6.19. The van der Waals surface area contributed by atoms with Gasteiger partial charge in [0.15, 0.2) is 0 Å². The van der Waals surface area contributed by atoms with Gasteiger partial charge in [0.25, 0.3) is 0 Å². The maximum Gasteiger partial charge on any atom is 0.131 e. The Bertz CT molecular complexity index is 977. The summed E-state index contributed by atoms with van der Waals surface area (Å²) in [5.74, 6) is 0. The molecule has 0 spiro atoms. The lowest BCUT2D eigenvalue weighted by atomic mass is 10.2. The predicted molar refractivity (Wildman–Crippen MR) is 104 cm³/mol. The van der Waals surface area contributed by atoms with Crippen LogP contribution in [0.25, 0.3) is 22.8 Å². The molecule has 0 saturated carbocycles. The van der Waals surface area contributed by atoms with E-state index in [4.69, 9.17) is 4.74 Å². The van der Waals surface area contributed by atoms with Crippen LogP contribution >= 0.6 is 0 Å². The number of nitrogens with zero attached hydrogens (tertiary/aromatic N) is 8. The van der Waals surface area contributed by atoms with Gasteiger partial charge in [-0.3, -0.25) is 9.97 Å². The number of hydrogen-bond acceptors (Lipinski definition) is 7. The SMILES string of the molecule is c1ccc(-c2cn(C[C@H]3CC[C@H](Cn4cc(-c5ccccn5)nn4)O3)nn2)nc1. The van der Waals surface area contributed by atoms with Crippen molar-refractivity contribution in [1.82, 2.24) is 40.0 Å². The van der Waals surface area contributed by atoms with E-state index in [1.54, 1.807) is 12.4 Å². The molecule has 4 aromatic heterocycles. The minimum absolute atomic E-state index is 0.108. The normalized spacial score (nSPS) is 18.9. The Morgan fingerprint density at radius 1 is 0.724 bits per heavy atom. The van der Waals surface area contributed by atoms with Crippen LogP contribution in [0.2, 0.25) is 0 Å². The van der Waals surface area contributed by atoms with Gasteiger partial charge >= 0.3 is 0 Å². The van der Waals surface area contributed by atoms with Crippen LogP contribution in [0.5, 0.6) is 0 Å². The summed E-state index contributed by atoms with van der Waals surface area (Å²) in [6.45, 7) is 1.35. The Kier molecular flexibility index (Phi) is 4.79. The van der Waals surface area contributed by atoms with E-state index < -0.39 is 0 Å². The quantitative estimate of drug-likeness (QED) is 0.500. The van der Waals surface area contributed by atoms with Gasteiger partial charge in [-0.2, -0.15) is 0 Å². The van der Waals surface area contributed by atoms with E-state index in [0.29, 0.717) is 13.1 Å². The minimum atomic E-state index is 0.108. The minimum Gasteiger partial charge on any atom is -0.371 e. The Balaban J connectivity index is 1.17. The number of aromatic nitrogens is 8. The third-order valence-corrected chi connectivity index (χ3v) is 4.91. The summed E-state index contributed by atoms with van der Waals surface area (Å²) in [6, 6.07) is 11.5. The van der Waals surface area contributed by atoms with E-state index >= 15 is 0 Å². The van der Waals surface area contributed by atoms with Crippen LogP contribution in [0.1, 0.15) is 12.8 Å². The van der Waals surface area contributed by atoms with Gasteiger partial charge < -0.3 is 4.74 Å². The monoisotopic (exact) mass is 388 g/mol. The highest BCUT2D eigenvalue weighted by Crippen LogP contribution is 2.23. The molecule has 0 amide bonds. The lowest BCUT2D eigenvalue weighted by molar-refractivity contribution is 0.0229. The van der Waals surface area contributed by atoms with E-state index in [1.807, 2.05) is 58.2 Å². The molecule has 29 heavy (non-hydrogen) atoms. The third-order valence-electron chi connectivity index (χ3n) is 4.91. The molecule has 0 N–H and O–H groups in total. The molecule has 0 unspecified atom stereocenters. The average molecular weight is 388 g/mol. The zero-order valence-corrected chi connectivity index (χ0v) is 15.7. The van der Waals surface area contributed by atoms with Crippen molar-refractivity contribution in [3.05, 3.63) is 61.2 Å². The molecule has 0 aliphatic carbocycles. The summed E-state index contributed by atoms with van der Waals surface area (Å²) in [7, 11) is 0. The number of ether oxygens (including phenoxy) is 1. The molecule has 1 saturated heterocycles. The van der Waals surface area contributed by atoms with Gasteiger partial charge in [0, 0.05) is 12.4 Å². The lowest BCUT2D eigenvalue weighted by Gasteiger charge is -2.13. The van der Waals surface area contributed by atoms with Gasteiger partial charge in [-0.1, -0.05) is 22.6 Å². The molecule has 5 heterocycles. The van der Waals surface area contributed by atoms with Crippen LogP contribution in [-0.2, 0) is 17.8 Å². The molecule has 9 nitrogen and oxygen atoms in total. The van der Waals surface area contributed by atoms with E-state index in [0.717, 1.165) is 35.6 Å². The molecule has 0 bridgehead atoms. The Hall–Kier alpha value is -3.46. The molecule has 1 aliphatic heterocycles. The van der Waals surface area contributed by atoms with Crippen molar-refractivity contribution >= 4 is 0 Å². The van der Waals surface area contributed by atoms with Gasteiger partial charge in [0.1, 0.15) is 11.4 Å². The van der Waals surface area contributed by atoms with Crippen LogP contribution in [-0.4, -0.2) is 52.2 Å². The molecule has 2 atom stereocenters. The summed E-state index contributed by atoms with van der Waals surface area (Å²) in [5, 5.41) is 16.9. The molecule has 0 radical (unpaired) electrons. The second kappa shape index (κ2) is 7.88. The predicted octanol–water partition coefficient (Wildman–Crippen LogP) is 2.24. The Morgan fingerprint density at radius 3 is 1.69 bits per heavy atom. The van der Waals surface area contributed by atoms with Crippen LogP contribution < -0.4 is 0 Å². The summed E-state index contributed by atoms with van der Waals surface area (Å²) >= 11 is 0. The highest BCUT2D eigenvalue weighted by atomic mass is 16.5. The van der Waals surface area contributed by atoms with E-state index in [1.165, 1.54) is 0 Å². The molecule has 9 heteroatoms. The van der Waals surface area contributed by atoms with Crippen LogP contribution in [0.15, 0.2) is 61.2 Å². The Labute approximate surface area is 167 Å². The third kappa shape index (κ3) is 4.04. The van der Waals surface area contributed by atoms with Crippen molar-refractivity contribution < 1.29 is 4.74 Å². The van der Waals surface area contributed by atoms with E-state index in [-0.39, 0.29) is 12.2 Å². The lowest BCUT2D eigenvalue weighted by Crippen LogP contribution is -2.21. The smallest absolute Gasteiger partial charge is 0.131 e. The molecule has 1 aliphatic rings. The van der Waals surface area contributed by atoms with Crippen molar-refractivity contribution in [1.29, 1.82) is 0 Å². The first kappa shape index (κ1) is 17.6. The maximum absolute atomic E-state index is 6.19. The molecular formula is C20H20N8O. The fourth-order valence-electron chi connectivity index (χ4n) is 3.50. The summed E-state index contributed by atoms with van der Waals surface area (Å²) < 4.78 is 9.84. The molecule has 0 aromatic carbocycles. The summed E-state index contributed by atoms with van der Waals surface area (Å²) in [5.41, 5.74) is 3.17. The van der Waals surface area contributed by atoms with E-state index in [2.05, 4.69) is 30.6 Å². The first-order valence-electron chi connectivity index (χ1n) is 9.62. The largest absolute Gasteiger partial charge is 0.371 e. The van der Waals surface area contributed by atoms with E-state index in [9.17, 15) is 0 Å². The Morgan fingerprint density at radius 2 is 1.24 bits per heavy atom. The molecule has 1 fully saturated rings. The average Bonchev–Trinajstić information content (AvgIpc) is 3.52. The molecule has 4 aromatic rings. The second-order valence-corrected chi connectivity index (χ2v) is 7.04. The number of hydrogen-bond donors (Lipinski definition) is 0. The van der Waals surface area contributed by atoms with Crippen molar-refractivity contribution in [2.45, 2.75) is 38.1 Å². The topological polar surface area (TPSA) is 96.4 Å². The number of rotatable bonds is 6. The summed E-state index contributed by atoms with van der Waals surface area (Å²) in [4.78, 5) is 8.62. The van der Waals surface area contributed by atoms with Gasteiger partial charge in [0.2, 0.25) is 0 Å². The van der Waals surface area contributed by atoms with Crippen molar-refractivity contribution in [3.8, 4) is 22.8 Å². The van der Waals surface area contributed by atoms with Gasteiger partial charge in [-0.05, 0) is 37.1 Å². The molecule has 5 rings (SSSR count). The number of pyridine rings is 2. The van der Waals surface area contributed by atoms with Gasteiger partial charge in [-0.25, -0.2) is 9.36 Å². The van der Waals surface area contributed by atoms with Gasteiger partial charge in [0.05, 0.1) is 49.1 Å². The van der Waals surface area contributed by atoms with Crippen molar-refractivity contribution in [3.63, 3.8) is 0 Å². The van der Waals surface area contributed by atoms with Crippen LogP contribution in [0, 0.1) is 0 Å². The van der Waals surface area contributed by atoms with Crippen LogP contribution in [0.3, 0.4) is 0 Å². The molecule has 146 valence electrons. The fourth-order valence-corrected chi connectivity index (χ4v) is 3.50. The van der Waals surface area contributed by atoms with Gasteiger partial charge in [-0.15, -0.1) is 10.2 Å². The first-order chi connectivity index (χ1) is 14.3. The molecular weight excluding hydrogens is 368 g/mol. The highest BCUT2D eigenvalue weighted by Gasteiger charge is 2.26.